The first kappa shape index (κ1) is 27.6. The van der Waals surface area contributed by atoms with Gasteiger partial charge in [-0.05, 0) is 69.0 Å². The number of rotatable bonds is 9. The fraction of sp³-hybridized carbons (Fsp3) is 0.385. The van der Waals surface area contributed by atoms with Crippen LogP contribution in [0, 0.1) is 5.82 Å². The molecule has 0 aliphatic carbocycles. The standard InChI is InChI=1S/C17H18FNO3S.C9H16O2/c18-14-8-6-13(7-9-14)17(20)11-10-16-12-19(23(16,21)22)15-4-2-1-3-5-15;1-8(7-10)5-4-6-9(2)11-3/h1-9,16-17,20H,10-12H2;5-6,10H,4,7H2,1-3H3/b;8-5-,9-6+. The Morgan fingerprint density at radius 3 is 2.35 bits per heavy atom. The molecule has 1 heterocycles. The fourth-order valence-electron chi connectivity index (χ4n) is 3.33. The number of para-hydroxylation sites is 1. The van der Waals surface area contributed by atoms with Gasteiger partial charge in [-0.1, -0.05) is 42.0 Å². The smallest absolute Gasteiger partial charge is 0.239 e. The molecule has 0 radical (unpaired) electrons. The molecule has 2 aromatic carbocycles. The zero-order valence-electron chi connectivity index (χ0n) is 19.9. The largest absolute Gasteiger partial charge is 0.502 e. The van der Waals surface area contributed by atoms with Crippen LogP contribution in [-0.2, 0) is 14.8 Å². The van der Waals surface area contributed by atoms with E-state index in [1.165, 1.54) is 28.6 Å². The zero-order valence-corrected chi connectivity index (χ0v) is 20.7. The van der Waals surface area contributed by atoms with E-state index in [-0.39, 0.29) is 12.4 Å². The van der Waals surface area contributed by atoms with Crippen LogP contribution >= 0.6 is 0 Å². The van der Waals surface area contributed by atoms with Crippen molar-refractivity contribution in [1.82, 2.24) is 0 Å². The molecule has 0 bridgehead atoms. The van der Waals surface area contributed by atoms with Crippen LogP contribution in [0.2, 0.25) is 0 Å². The van der Waals surface area contributed by atoms with Crippen LogP contribution in [0.4, 0.5) is 10.1 Å². The lowest BCUT2D eigenvalue weighted by Gasteiger charge is -2.40. The third kappa shape index (κ3) is 7.97. The Bertz CT molecular complexity index is 1030. The number of benzene rings is 2. The molecule has 1 saturated heterocycles. The lowest BCUT2D eigenvalue weighted by Crippen LogP contribution is -2.56. The number of hydrogen-bond donors (Lipinski definition) is 2. The van der Waals surface area contributed by atoms with Crippen LogP contribution in [0.25, 0.3) is 0 Å². The lowest BCUT2D eigenvalue weighted by atomic mass is 10.0. The van der Waals surface area contributed by atoms with E-state index in [1.54, 1.807) is 31.4 Å². The third-order valence-electron chi connectivity index (χ3n) is 5.60. The zero-order chi connectivity index (χ0) is 25.1. The number of methoxy groups -OCH3 is 1. The van der Waals surface area contributed by atoms with Gasteiger partial charge in [0.25, 0.3) is 0 Å². The van der Waals surface area contributed by atoms with Gasteiger partial charge in [-0.3, -0.25) is 4.31 Å². The van der Waals surface area contributed by atoms with Gasteiger partial charge < -0.3 is 14.9 Å². The average molecular weight is 492 g/mol. The Balaban J connectivity index is 0.000000316. The average Bonchev–Trinajstić information content (AvgIpc) is 2.84. The number of sulfonamides is 1. The van der Waals surface area contributed by atoms with Crippen LogP contribution in [0.5, 0.6) is 0 Å². The quantitative estimate of drug-likeness (QED) is 0.391. The molecule has 2 aromatic rings. The summed E-state index contributed by atoms with van der Waals surface area (Å²) in [5.41, 5.74) is 2.26. The van der Waals surface area contributed by atoms with Crippen LogP contribution in [0.15, 0.2) is 78.1 Å². The van der Waals surface area contributed by atoms with Gasteiger partial charge in [-0.2, -0.15) is 0 Å². The molecule has 3 rings (SSSR count). The second-order valence-electron chi connectivity index (χ2n) is 8.14. The number of anilines is 1. The molecule has 2 unspecified atom stereocenters. The van der Waals surface area contributed by atoms with E-state index in [1.807, 2.05) is 32.1 Å². The van der Waals surface area contributed by atoms with Crippen molar-refractivity contribution in [2.24, 2.45) is 0 Å². The minimum atomic E-state index is -3.34. The molecule has 1 aliphatic rings. The number of allylic oxidation sites excluding steroid dienone is 3. The number of aliphatic hydroxyl groups is 2. The molecule has 186 valence electrons. The maximum absolute atomic E-state index is 12.9. The number of aliphatic hydroxyl groups excluding tert-OH is 2. The minimum absolute atomic E-state index is 0.139. The van der Waals surface area contributed by atoms with E-state index < -0.39 is 21.4 Å². The van der Waals surface area contributed by atoms with Crippen molar-refractivity contribution in [3.8, 4) is 0 Å². The van der Waals surface area contributed by atoms with Crippen molar-refractivity contribution in [2.75, 3.05) is 24.6 Å². The normalized spacial score (nSPS) is 18.4. The molecular weight excluding hydrogens is 457 g/mol. The maximum atomic E-state index is 12.9. The summed E-state index contributed by atoms with van der Waals surface area (Å²) in [5, 5.41) is 18.3. The molecular formula is C26H34FNO5S. The van der Waals surface area contributed by atoms with Crippen LogP contribution in [-0.4, -0.2) is 44.1 Å². The number of nitrogens with zero attached hydrogens (tertiary/aromatic N) is 1. The summed E-state index contributed by atoms with van der Waals surface area (Å²) < 4.78 is 43.9. The molecule has 8 heteroatoms. The Hall–Kier alpha value is -2.68. The summed E-state index contributed by atoms with van der Waals surface area (Å²) in [4.78, 5) is 0. The summed E-state index contributed by atoms with van der Waals surface area (Å²) in [6.45, 7) is 4.38. The highest BCUT2D eigenvalue weighted by molar-refractivity contribution is 7.95. The molecule has 1 aliphatic heterocycles. The SMILES string of the molecule is CO/C(C)=C/C/C=C(/C)CO.O=S1(=O)C(CCC(O)c2ccc(F)cc2)CN1c1ccccc1. The van der Waals surface area contributed by atoms with Crippen molar-refractivity contribution in [1.29, 1.82) is 0 Å². The van der Waals surface area contributed by atoms with Gasteiger partial charge in [-0.15, -0.1) is 0 Å². The highest BCUT2D eigenvalue weighted by Gasteiger charge is 2.43. The highest BCUT2D eigenvalue weighted by Crippen LogP contribution is 2.33. The third-order valence-corrected chi connectivity index (χ3v) is 7.80. The molecule has 2 atom stereocenters. The molecule has 0 spiro atoms. The summed E-state index contributed by atoms with van der Waals surface area (Å²) in [7, 11) is -1.69. The van der Waals surface area contributed by atoms with E-state index in [4.69, 9.17) is 9.84 Å². The molecule has 0 saturated carbocycles. The van der Waals surface area contributed by atoms with Gasteiger partial charge in [0.05, 0.1) is 43.1 Å². The van der Waals surface area contributed by atoms with Gasteiger partial charge in [0.15, 0.2) is 0 Å². The summed E-state index contributed by atoms with van der Waals surface area (Å²) >= 11 is 0. The minimum Gasteiger partial charge on any atom is -0.502 e. The van der Waals surface area contributed by atoms with Gasteiger partial charge in [0, 0.05) is 0 Å². The van der Waals surface area contributed by atoms with E-state index in [9.17, 15) is 17.9 Å². The van der Waals surface area contributed by atoms with Crippen LogP contribution in [0.1, 0.15) is 44.8 Å². The molecule has 34 heavy (non-hydrogen) atoms. The molecule has 1 fully saturated rings. The van der Waals surface area contributed by atoms with E-state index in [0.717, 1.165) is 17.8 Å². The second kappa shape index (κ2) is 13.3. The van der Waals surface area contributed by atoms with Gasteiger partial charge in [0.2, 0.25) is 10.0 Å². The Labute approximate surface area is 202 Å². The number of hydrogen-bond acceptors (Lipinski definition) is 5. The van der Waals surface area contributed by atoms with E-state index in [2.05, 4.69) is 0 Å². The van der Waals surface area contributed by atoms with E-state index in [0.29, 0.717) is 30.6 Å². The van der Waals surface area contributed by atoms with Crippen molar-refractivity contribution >= 4 is 15.7 Å². The first-order valence-corrected chi connectivity index (χ1v) is 12.7. The Kier molecular flexibility index (Phi) is 10.8. The topological polar surface area (TPSA) is 87.1 Å². The molecule has 6 nitrogen and oxygen atoms in total. The summed E-state index contributed by atoms with van der Waals surface area (Å²) in [6.07, 6.45) is 4.70. The van der Waals surface area contributed by atoms with Gasteiger partial charge >= 0.3 is 0 Å². The fourth-order valence-corrected chi connectivity index (χ4v) is 5.01. The first-order valence-electron chi connectivity index (χ1n) is 11.2. The van der Waals surface area contributed by atoms with Crippen LogP contribution in [0.3, 0.4) is 0 Å². The molecule has 0 amide bonds. The maximum Gasteiger partial charge on any atom is 0.239 e. The predicted octanol–water partition coefficient (Wildman–Crippen LogP) is 4.72. The number of halogens is 1. The second-order valence-corrected chi connectivity index (χ2v) is 10.3. The Morgan fingerprint density at radius 1 is 1.15 bits per heavy atom. The molecule has 0 aromatic heterocycles. The Morgan fingerprint density at radius 2 is 1.79 bits per heavy atom. The summed E-state index contributed by atoms with van der Waals surface area (Å²) in [6, 6.07) is 14.6. The van der Waals surface area contributed by atoms with Crippen LogP contribution < -0.4 is 4.31 Å². The summed E-state index contributed by atoms with van der Waals surface area (Å²) in [5.74, 6) is 0.549. The highest BCUT2D eigenvalue weighted by atomic mass is 32.2. The van der Waals surface area contributed by atoms with Gasteiger partial charge in [-0.25, -0.2) is 12.8 Å². The van der Waals surface area contributed by atoms with Crippen molar-refractivity contribution in [3.05, 3.63) is 89.5 Å². The lowest BCUT2D eigenvalue weighted by molar-refractivity contribution is 0.163. The predicted molar refractivity (Wildman–Crippen MR) is 133 cm³/mol. The van der Waals surface area contributed by atoms with Crippen molar-refractivity contribution < 1.29 is 27.8 Å². The van der Waals surface area contributed by atoms with E-state index >= 15 is 0 Å². The van der Waals surface area contributed by atoms with Gasteiger partial charge in [0.1, 0.15) is 5.82 Å². The monoisotopic (exact) mass is 491 g/mol. The van der Waals surface area contributed by atoms with Crippen molar-refractivity contribution in [3.63, 3.8) is 0 Å². The molecule has 2 N–H and O–H groups in total. The number of ether oxygens (including phenoxy) is 1. The first-order chi connectivity index (χ1) is 16.2. The van der Waals surface area contributed by atoms with Crippen molar-refractivity contribution in [2.45, 2.75) is 44.5 Å².